The molecule has 32 heavy (non-hydrogen) atoms. The molecule has 2 aliphatic rings. The average Bonchev–Trinajstić information content (AvgIpc) is 3.56. The molecule has 1 aliphatic carbocycles. The van der Waals surface area contributed by atoms with Gasteiger partial charge in [0.25, 0.3) is 6.43 Å². The summed E-state index contributed by atoms with van der Waals surface area (Å²) in [5.41, 5.74) is 1.40. The molecule has 0 spiro atoms. The first-order valence-electron chi connectivity index (χ1n) is 10.4. The van der Waals surface area contributed by atoms with Crippen LogP contribution in [0, 0.1) is 0 Å². The van der Waals surface area contributed by atoms with Crippen LogP contribution in [0.25, 0.3) is 16.9 Å². The Hall–Kier alpha value is -2.70. The summed E-state index contributed by atoms with van der Waals surface area (Å²) in [6.45, 7) is 0.340. The summed E-state index contributed by atoms with van der Waals surface area (Å²) in [5.74, 6) is 0.238. The predicted octanol–water partition coefficient (Wildman–Crippen LogP) is 2.07. The first kappa shape index (κ1) is 21.2. The number of alkyl halides is 2. The quantitative estimate of drug-likeness (QED) is 0.574. The molecule has 12 heteroatoms. The lowest BCUT2D eigenvalue weighted by molar-refractivity contribution is 0.0946. The highest BCUT2D eigenvalue weighted by Gasteiger charge is 2.43. The average molecular weight is 464 g/mol. The van der Waals surface area contributed by atoms with E-state index >= 15 is 0 Å². The highest BCUT2D eigenvalue weighted by atomic mass is 32.2. The van der Waals surface area contributed by atoms with Crippen LogP contribution in [0.15, 0.2) is 36.7 Å². The molecule has 9 nitrogen and oxygen atoms in total. The lowest BCUT2D eigenvalue weighted by Crippen LogP contribution is -2.52. The third kappa shape index (κ3) is 3.93. The van der Waals surface area contributed by atoms with Crippen LogP contribution >= 0.6 is 0 Å². The number of nitrogens with one attached hydrogen (secondary N) is 1. The van der Waals surface area contributed by atoms with Crippen LogP contribution < -0.4 is 5.32 Å². The fourth-order valence-corrected chi connectivity index (χ4v) is 5.80. The molecule has 3 aromatic rings. The van der Waals surface area contributed by atoms with E-state index in [0.717, 1.165) is 0 Å². The van der Waals surface area contributed by atoms with Gasteiger partial charge in [-0.1, -0.05) is 0 Å². The van der Waals surface area contributed by atoms with Gasteiger partial charge in [-0.05, 0) is 43.5 Å². The molecule has 0 aromatic carbocycles. The summed E-state index contributed by atoms with van der Waals surface area (Å²) in [5, 5.41) is 17.8. The van der Waals surface area contributed by atoms with Gasteiger partial charge < -0.3 is 10.4 Å². The fourth-order valence-electron chi connectivity index (χ4n) is 3.93. The number of sulfonamides is 1. The van der Waals surface area contributed by atoms with Crippen LogP contribution in [-0.2, 0) is 10.0 Å². The maximum absolute atomic E-state index is 13.1. The molecule has 2 atom stereocenters. The molecule has 1 saturated carbocycles. The number of hydrogen-bond acceptors (Lipinski definition) is 7. The summed E-state index contributed by atoms with van der Waals surface area (Å²) in [6.07, 6.45) is 1.16. The number of piperidine rings is 1. The van der Waals surface area contributed by atoms with Gasteiger partial charge in [0.1, 0.15) is 0 Å². The van der Waals surface area contributed by atoms with Gasteiger partial charge in [0.2, 0.25) is 16.0 Å². The molecule has 1 saturated heterocycles. The normalized spacial score (nSPS) is 22.5. The number of fused-ring (bicyclic) bond motifs is 1. The second kappa shape index (κ2) is 8.01. The molecular formula is C20H22F2N6O3S. The van der Waals surface area contributed by atoms with E-state index in [1.54, 1.807) is 22.8 Å². The van der Waals surface area contributed by atoms with Gasteiger partial charge in [-0.3, -0.25) is 4.98 Å². The van der Waals surface area contributed by atoms with Crippen molar-refractivity contribution in [1.82, 2.24) is 23.9 Å². The number of anilines is 1. The van der Waals surface area contributed by atoms with Crippen molar-refractivity contribution in [3.63, 3.8) is 0 Å². The topological polar surface area (TPSA) is 113 Å². The monoisotopic (exact) mass is 464 g/mol. The van der Waals surface area contributed by atoms with E-state index in [1.165, 1.54) is 22.6 Å². The number of pyridine rings is 1. The van der Waals surface area contributed by atoms with Crippen molar-refractivity contribution in [3.8, 4) is 11.4 Å². The Labute approximate surface area is 183 Å². The Kier molecular flexibility index (Phi) is 5.30. The maximum atomic E-state index is 13.1. The number of rotatable bonds is 6. The van der Waals surface area contributed by atoms with Crippen molar-refractivity contribution in [2.45, 2.75) is 43.1 Å². The second-order valence-electron chi connectivity index (χ2n) is 8.12. The fraction of sp³-hybridized carbons (Fsp3) is 0.450. The molecule has 2 fully saturated rings. The van der Waals surface area contributed by atoms with Gasteiger partial charge in [-0.25, -0.2) is 26.7 Å². The molecule has 4 heterocycles. The van der Waals surface area contributed by atoms with E-state index in [9.17, 15) is 22.3 Å². The zero-order valence-corrected chi connectivity index (χ0v) is 17.8. The molecule has 0 radical (unpaired) electrons. The Balaban J connectivity index is 1.36. The van der Waals surface area contributed by atoms with Gasteiger partial charge in [-0.2, -0.15) is 4.31 Å². The first-order chi connectivity index (χ1) is 15.3. The van der Waals surface area contributed by atoms with E-state index < -0.39 is 28.6 Å². The number of aliphatic hydroxyl groups is 1. The molecule has 3 aromatic heterocycles. The van der Waals surface area contributed by atoms with E-state index in [2.05, 4.69) is 20.4 Å². The molecule has 0 amide bonds. The van der Waals surface area contributed by atoms with Gasteiger partial charge in [0.05, 0.1) is 40.5 Å². The van der Waals surface area contributed by atoms with Crippen molar-refractivity contribution < 1.29 is 22.3 Å². The molecule has 170 valence electrons. The minimum atomic E-state index is -3.34. The molecule has 5 rings (SSSR count). The first-order valence-corrected chi connectivity index (χ1v) is 11.9. The molecule has 0 unspecified atom stereocenters. The molecule has 0 bridgehead atoms. The second-order valence-corrected chi connectivity index (χ2v) is 10.3. The highest BCUT2D eigenvalue weighted by Crippen LogP contribution is 2.32. The Morgan fingerprint density at radius 3 is 2.69 bits per heavy atom. The molecule has 2 N–H and O–H groups in total. The van der Waals surface area contributed by atoms with Crippen molar-refractivity contribution in [1.29, 1.82) is 0 Å². The van der Waals surface area contributed by atoms with E-state index in [0.29, 0.717) is 42.7 Å². The number of β-amino-alcohol motifs (C(OH)–C–C–N with tert-alkyl or cyclic N) is 1. The lowest BCUT2D eigenvalue weighted by atomic mass is 10.0. The van der Waals surface area contributed by atoms with E-state index in [1.807, 2.05) is 0 Å². The summed E-state index contributed by atoms with van der Waals surface area (Å²) >= 11 is 0. The van der Waals surface area contributed by atoms with Crippen LogP contribution in [-0.4, -0.2) is 67.9 Å². The number of nitrogens with zero attached hydrogens (tertiary/aromatic N) is 5. The maximum Gasteiger partial charge on any atom is 0.263 e. The standard InChI is InChI=1S/C20H22F2N6O3S/c21-19(22)12-5-7-23-16(9-12)17-4-1-13-10-24-20(26-28(13)17)25-15-6-8-27(11-18(15)29)32(30,31)14-2-3-14/h1,4-5,7,9-10,14-15,18-19,29H,2-3,6,8,11H2,(H,25,26)/t15-,18-/m1/s1. The van der Waals surface area contributed by atoms with E-state index in [-0.39, 0.29) is 23.3 Å². The lowest BCUT2D eigenvalue weighted by Gasteiger charge is -2.35. The van der Waals surface area contributed by atoms with Crippen LogP contribution in [0.1, 0.15) is 31.3 Å². The Morgan fingerprint density at radius 1 is 1.16 bits per heavy atom. The Morgan fingerprint density at radius 2 is 1.97 bits per heavy atom. The highest BCUT2D eigenvalue weighted by molar-refractivity contribution is 7.90. The zero-order valence-electron chi connectivity index (χ0n) is 17.0. The van der Waals surface area contributed by atoms with Gasteiger partial charge in [0, 0.05) is 24.8 Å². The van der Waals surface area contributed by atoms with Gasteiger partial charge >= 0.3 is 0 Å². The SMILES string of the molecule is O=S(=O)(C1CC1)N1CC[C@@H](Nc2ncc3ccc(-c4cc(C(F)F)ccn4)n3n2)[C@H](O)C1. The summed E-state index contributed by atoms with van der Waals surface area (Å²) in [4.78, 5) is 8.45. The van der Waals surface area contributed by atoms with Crippen LogP contribution in [0.4, 0.5) is 14.7 Å². The minimum Gasteiger partial charge on any atom is -0.390 e. The van der Waals surface area contributed by atoms with Crippen LogP contribution in [0.5, 0.6) is 0 Å². The summed E-state index contributed by atoms with van der Waals surface area (Å²) < 4.78 is 53.9. The van der Waals surface area contributed by atoms with Gasteiger partial charge in [-0.15, -0.1) is 5.10 Å². The van der Waals surface area contributed by atoms with Gasteiger partial charge in [0.15, 0.2) is 0 Å². The van der Waals surface area contributed by atoms with Crippen LogP contribution in [0.2, 0.25) is 0 Å². The smallest absolute Gasteiger partial charge is 0.263 e. The molecule has 1 aliphatic heterocycles. The van der Waals surface area contributed by atoms with Crippen LogP contribution in [0.3, 0.4) is 0 Å². The minimum absolute atomic E-state index is 0.0256. The van der Waals surface area contributed by atoms with E-state index in [4.69, 9.17) is 0 Å². The predicted molar refractivity (Wildman–Crippen MR) is 113 cm³/mol. The van der Waals surface area contributed by atoms with Crippen molar-refractivity contribution in [2.75, 3.05) is 18.4 Å². The summed E-state index contributed by atoms with van der Waals surface area (Å²) in [6, 6.07) is 5.65. The molecular weight excluding hydrogens is 442 g/mol. The van der Waals surface area contributed by atoms with Crippen molar-refractivity contribution in [3.05, 3.63) is 42.2 Å². The number of halogens is 2. The largest absolute Gasteiger partial charge is 0.390 e. The zero-order chi connectivity index (χ0) is 22.5. The third-order valence-corrected chi connectivity index (χ3v) is 8.23. The number of hydrogen-bond donors (Lipinski definition) is 2. The van der Waals surface area contributed by atoms with Crippen molar-refractivity contribution in [2.24, 2.45) is 0 Å². The number of aromatic nitrogens is 4. The Bertz CT molecular complexity index is 1250. The third-order valence-electron chi connectivity index (χ3n) is 5.86. The van der Waals surface area contributed by atoms with Crippen molar-refractivity contribution >= 4 is 21.5 Å². The summed E-state index contributed by atoms with van der Waals surface area (Å²) in [7, 11) is -3.34. The number of aliphatic hydroxyl groups excluding tert-OH is 1.